The van der Waals surface area contributed by atoms with Crippen LogP contribution in [0.1, 0.15) is 10.6 Å². The third kappa shape index (κ3) is 2.45. The summed E-state index contributed by atoms with van der Waals surface area (Å²) in [6.45, 7) is 0. The van der Waals surface area contributed by atoms with Crippen LogP contribution in [0.5, 0.6) is 0 Å². The Labute approximate surface area is 131 Å². The summed E-state index contributed by atoms with van der Waals surface area (Å²) in [6, 6.07) is 13.3. The average Bonchev–Trinajstić information content (AvgIpc) is 2.83. The van der Waals surface area contributed by atoms with Gasteiger partial charge < -0.3 is 9.52 Å². The fourth-order valence-electron chi connectivity index (χ4n) is 2.06. The monoisotopic (exact) mass is 260 g/mol. The number of benzene rings is 2. The van der Waals surface area contributed by atoms with Crippen LogP contribution in [0.4, 0.5) is 0 Å². The molecule has 0 fully saturated rings. The van der Waals surface area contributed by atoms with Crippen molar-refractivity contribution in [3.8, 4) is 0 Å². The molecule has 0 radical (unpaired) electrons. The van der Waals surface area contributed by atoms with Gasteiger partial charge in [0.05, 0.1) is 0 Å². The van der Waals surface area contributed by atoms with Gasteiger partial charge in [-0.1, -0.05) is 30.3 Å². The predicted octanol–water partition coefficient (Wildman–Crippen LogP) is -0.353. The molecule has 0 atom stereocenters. The Morgan fingerprint density at radius 2 is 1.89 bits per heavy atom. The minimum Gasteiger partial charge on any atom is -0.878 e. The van der Waals surface area contributed by atoms with Gasteiger partial charge in [0.2, 0.25) is 5.78 Å². The Balaban J connectivity index is 0.00000133. The number of furan rings is 1. The molecule has 0 saturated heterocycles. The van der Waals surface area contributed by atoms with Gasteiger partial charge in [-0.3, -0.25) is 4.79 Å². The summed E-state index contributed by atoms with van der Waals surface area (Å²) < 4.78 is 5.45. The first kappa shape index (κ1) is 13.9. The van der Waals surface area contributed by atoms with Crippen LogP contribution in [0.2, 0.25) is 0 Å². The van der Waals surface area contributed by atoms with Gasteiger partial charge in [-0.05, 0) is 29.0 Å². The summed E-state index contributed by atoms with van der Waals surface area (Å²) in [6.07, 6.45) is 1.42. The van der Waals surface area contributed by atoms with E-state index in [1.165, 1.54) is 0 Å². The number of hydrogen-bond acceptors (Lipinski definition) is 3. The Hall–Kier alpha value is -1.55. The number of rotatable bonds is 2. The number of carbonyl (C=O) groups excluding carboxylic acids is 1. The zero-order chi connectivity index (χ0) is 12.5. The summed E-state index contributed by atoms with van der Waals surface area (Å²) >= 11 is 0. The molecule has 3 aromatic rings. The standard InChI is InChI=1S/C15H10O3.Na/c16-8-7-13(17)15-9-12-11-4-2-1-3-10(11)5-6-14(12)18-15;/h1-9,16H;/q;+1/p-1/b8-7+;. The molecule has 0 N–H and O–H groups in total. The van der Waals surface area contributed by atoms with E-state index in [9.17, 15) is 9.90 Å². The Morgan fingerprint density at radius 3 is 2.68 bits per heavy atom. The summed E-state index contributed by atoms with van der Waals surface area (Å²) in [7, 11) is 0. The molecule has 0 unspecified atom stereocenters. The number of allylic oxidation sites excluding steroid dienone is 1. The van der Waals surface area contributed by atoms with E-state index in [2.05, 4.69) is 0 Å². The Morgan fingerprint density at radius 1 is 1.11 bits per heavy atom. The number of fused-ring (bicyclic) bond motifs is 3. The quantitative estimate of drug-likeness (QED) is 0.274. The van der Waals surface area contributed by atoms with Crippen LogP contribution in [-0.2, 0) is 0 Å². The van der Waals surface area contributed by atoms with Crippen molar-refractivity contribution in [3.63, 3.8) is 0 Å². The number of hydrogen-bond donors (Lipinski definition) is 0. The van der Waals surface area contributed by atoms with E-state index >= 15 is 0 Å². The van der Waals surface area contributed by atoms with Gasteiger partial charge in [0.15, 0.2) is 5.76 Å². The first-order chi connectivity index (χ1) is 8.79. The SMILES string of the molecule is O=C(/C=C/[O-])c1cc2c(ccc3ccccc32)o1.[Na+]. The Bertz CT molecular complexity index is 771. The molecule has 0 aliphatic rings. The molecule has 0 saturated carbocycles. The van der Waals surface area contributed by atoms with E-state index in [0.29, 0.717) is 11.8 Å². The van der Waals surface area contributed by atoms with Crippen molar-refractivity contribution < 1.29 is 43.9 Å². The molecular weight excluding hydrogens is 251 g/mol. The molecule has 2 aromatic carbocycles. The summed E-state index contributed by atoms with van der Waals surface area (Å²) in [5, 5.41) is 13.3. The van der Waals surface area contributed by atoms with Gasteiger partial charge in [-0.15, -0.1) is 6.26 Å². The third-order valence-electron chi connectivity index (χ3n) is 2.89. The van der Waals surface area contributed by atoms with Gasteiger partial charge in [-0.2, -0.15) is 0 Å². The minimum atomic E-state index is -0.412. The van der Waals surface area contributed by atoms with Crippen LogP contribution in [0.3, 0.4) is 0 Å². The van der Waals surface area contributed by atoms with Crippen molar-refractivity contribution in [2.24, 2.45) is 0 Å². The molecule has 0 aliphatic heterocycles. The summed E-state index contributed by atoms with van der Waals surface area (Å²) in [4.78, 5) is 11.6. The van der Waals surface area contributed by atoms with Gasteiger partial charge in [0.25, 0.3) is 0 Å². The first-order valence-electron chi connectivity index (χ1n) is 5.54. The van der Waals surface area contributed by atoms with E-state index < -0.39 is 5.78 Å². The maximum absolute atomic E-state index is 11.6. The molecule has 0 amide bonds. The largest absolute Gasteiger partial charge is 1.00 e. The molecule has 0 spiro atoms. The van der Waals surface area contributed by atoms with Crippen LogP contribution in [0.25, 0.3) is 21.7 Å². The second-order valence-electron chi connectivity index (χ2n) is 3.98. The Kier molecular flexibility index (Phi) is 4.10. The molecule has 3 rings (SSSR count). The second kappa shape index (κ2) is 5.61. The molecule has 1 aromatic heterocycles. The van der Waals surface area contributed by atoms with E-state index in [1.807, 2.05) is 36.4 Å². The van der Waals surface area contributed by atoms with Gasteiger partial charge in [0, 0.05) is 5.39 Å². The van der Waals surface area contributed by atoms with E-state index in [0.717, 1.165) is 22.2 Å². The van der Waals surface area contributed by atoms with Crippen LogP contribution < -0.4 is 34.7 Å². The number of ketones is 1. The fraction of sp³-hybridized carbons (Fsp3) is 0. The van der Waals surface area contributed by atoms with Gasteiger partial charge in [-0.25, -0.2) is 0 Å². The minimum absolute atomic E-state index is 0. The molecular formula is C15H9NaO3. The maximum Gasteiger partial charge on any atom is 1.00 e. The normalized spacial score (nSPS) is 10.9. The summed E-state index contributed by atoms with van der Waals surface area (Å²) in [5.41, 5.74) is 0.649. The number of carbonyl (C=O) groups is 1. The molecule has 19 heavy (non-hydrogen) atoms. The molecule has 0 aliphatic carbocycles. The molecule has 3 nitrogen and oxygen atoms in total. The van der Waals surface area contributed by atoms with Crippen molar-refractivity contribution in [2.75, 3.05) is 0 Å². The fourth-order valence-corrected chi connectivity index (χ4v) is 2.06. The van der Waals surface area contributed by atoms with Crippen LogP contribution in [-0.4, -0.2) is 5.78 Å². The second-order valence-corrected chi connectivity index (χ2v) is 3.98. The van der Waals surface area contributed by atoms with E-state index in [-0.39, 0.29) is 35.3 Å². The summed E-state index contributed by atoms with van der Waals surface area (Å²) in [5.74, 6) is -0.223. The van der Waals surface area contributed by atoms with Crippen molar-refractivity contribution >= 4 is 27.5 Å². The molecule has 0 bridgehead atoms. The van der Waals surface area contributed by atoms with Crippen LogP contribution in [0.15, 0.2) is 59.2 Å². The van der Waals surface area contributed by atoms with Crippen molar-refractivity contribution in [1.82, 2.24) is 0 Å². The van der Waals surface area contributed by atoms with Crippen molar-refractivity contribution in [1.29, 1.82) is 0 Å². The van der Waals surface area contributed by atoms with Gasteiger partial charge in [0.1, 0.15) is 5.58 Å². The molecule has 1 heterocycles. The van der Waals surface area contributed by atoms with Crippen molar-refractivity contribution in [3.05, 3.63) is 60.6 Å². The van der Waals surface area contributed by atoms with E-state index in [1.54, 1.807) is 6.07 Å². The predicted molar refractivity (Wildman–Crippen MR) is 67.2 cm³/mol. The van der Waals surface area contributed by atoms with Crippen LogP contribution >= 0.6 is 0 Å². The molecule has 4 heteroatoms. The van der Waals surface area contributed by atoms with Crippen LogP contribution in [0, 0.1) is 0 Å². The smallest absolute Gasteiger partial charge is 0.878 e. The van der Waals surface area contributed by atoms with Crippen molar-refractivity contribution in [2.45, 2.75) is 0 Å². The first-order valence-corrected chi connectivity index (χ1v) is 5.54. The zero-order valence-corrected chi connectivity index (χ0v) is 12.4. The zero-order valence-electron chi connectivity index (χ0n) is 10.4. The maximum atomic E-state index is 11.6. The molecule has 88 valence electrons. The third-order valence-corrected chi connectivity index (χ3v) is 2.89. The topological polar surface area (TPSA) is 53.3 Å². The average molecular weight is 260 g/mol. The van der Waals surface area contributed by atoms with E-state index in [4.69, 9.17) is 4.42 Å². The van der Waals surface area contributed by atoms with Gasteiger partial charge >= 0.3 is 29.6 Å².